The summed E-state index contributed by atoms with van der Waals surface area (Å²) in [6.07, 6.45) is 0.227. The lowest BCUT2D eigenvalue weighted by atomic mass is 10.1. The van der Waals surface area contributed by atoms with Gasteiger partial charge in [0.2, 0.25) is 11.8 Å². The zero-order valence-corrected chi connectivity index (χ0v) is 14.5. The van der Waals surface area contributed by atoms with E-state index in [1.54, 1.807) is 4.90 Å². The van der Waals surface area contributed by atoms with Crippen LogP contribution in [0.4, 0.5) is 11.4 Å². The van der Waals surface area contributed by atoms with Crippen molar-refractivity contribution in [3.63, 3.8) is 0 Å². The fraction of sp³-hybridized carbons (Fsp3) is 0.300. The molecule has 1 aliphatic rings. The normalized spacial score (nSPS) is 16.8. The van der Waals surface area contributed by atoms with Gasteiger partial charge in [0.15, 0.2) is 0 Å². The lowest BCUT2D eigenvalue weighted by Gasteiger charge is -2.17. The lowest BCUT2D eigenvalue weighted by molar-refractivity contribution is -0.122. The molecule has 1 atom stereocenters. The van der Waals surface area contributed by atoms with Gasteiger partial charge in [-0.05, 0) is 49.7 Å². The predicted molar refractivity (Wildman–Crippen MR) is 97.9 cm³/mol. The number of nitrogens with one attached hydrogen (secondary N) is 1. The fourth-order valence-electron chi connectivity index (χ4n) is 2.97. The summed E-state index contributed by atoms with van der Waals surface area (Å²) in [7, 11) is 0. The molecule has 1 saturated heterocycles. The number of anilines is 2. The molecule has 0 radical (unpaired) electrons. The van der Waals surface area contributed by atoms with Gasteiger partial charge < -0.3 is 15.0 Å². The molecule has 130 valence electrons. The molecule has 0 unspecified atom stereocenters. The third-order valence-electron chi connectivity index (χ3n) is 4.36. The van der Waals surface area contributed by atoms with Gasteiger partial charge in [-0.15, -0.1) is 0 Å². The third-order valence-corrected chi connectivity index (χ3v) is 4.36. The van der Waals surface area contributed by atoms with Crippen molar-refractivity contribution in [2.75, 3.05) is 23.4 Å². The third kappa shape index (κ3) is 3.82. The molecule has 0 spiro atoms. The highest BCUT2D eigenvalue weighted by atomic mass is 16.5. The molecular formula is C20H22N2O3. The van der Waals surface area contributed by atoms with E-state index in [4.69, 9.17) is 4.74 Å². The minimum Gasteiger partial charge on any atom is -0.494 e. The van der Waals surface area contributed by atoms with Crippen LogP contribution in [0.5, 0.6) is 5.75 Å². The molecular weight excluding hydrogens is 316 g/mol. The summed E-state index contributed by atoms with van der Waals surface area (Å²) in [4.78, 5) is 26.5. The van der Waals surface area contributed by atoms with Crippen LogP contribution in [-0.2, 0) is 9.59 Å². The van der Waals surface area contributed by atoms with Crippen LogP contribution >= 0.6 is 0 Å². The van der Waals surface area contributed by atoms with Gasteiger partial charge in [0.1, 0.15) is 5.75 Å². The number of hydrogen-bond donors (Lipinski definition) is 1. The number of rotatable bonds is 5. The number of benzene rings is 2. The topological polar surface area (TPSA) is 58.6 Å². The van der Waals surface area contributed by atoms with Crippen molar-refractivity contribution in [2.45, 2.75) is 20.3 Å². The predicted octanol–water partition coefficient (Wildman–Crippen LogP) is 3.39. The second-order valence-corrected chi connectivity index (χ2v) is 6.14. The van der Waals surface area contributed by atoms with E-state index in [0.29, 0.717) is 13.2 Å². The van der Waals surface area contributed by atoms with Crippen molar-refractivity contribution in [3.05, 3.63) is 54.1 Å². The molecule has 1 N–H and O–H groups in total. The van der Waals surface area contributed by atoms with Gasteiger partial charge in [0.05, 0.1) is 12.5 Å². The van der Waals surface area contributed by atoms with Crippen molar-refractivity contribution in [1.82, 2.24) is 0 Å². The molecule has 5 heteroatoms. The van der Waals surface area contributed by atoms with Gasteiger partial charge in [0.25, 0.3) is 0 Å². The Morgan fingerprint density at radius 2 is 1.92 bits per heavy atom. The van der Waals surface area contributed by atoms with Gasteiger partial charge in [-0.3, -0.25) is 9.59 Å². The van der Waals surface area contributed by atoms with Crippen LogP contribution in [0, 0.1) is 12.8 Å². The summed E-state index contributed by atoms with van der Waals surface area (Å²) in [6.45, 7) is 4.87. The summed E-state index contributed by atoms with van der Waals surface area (Å²) in [5.74, 6) is 0.274. The summed E-state index contributed by atoms with van der Waals surface area (Å²) in [6, 6.07) is 15.0. The molecule has 3 rings (SSSR count). The second-order valence-electron chi connectivity index (χ2n) is 6.14. The van der Waals surface area contributed by atoms with Gasteiger partial charge in [-0.2, -0.15) is 0 Å². The van der Waals surface area contributed by atoms with Crippen molar-refractivity contribution in [2.24, 2.45) is 5.92 Å². The van der Waals surface area contributed by atoms with E-state index in [1.807, 2.05) is 62.4 Å². The Hall–Kier alpha value is -2.82. The molecule has 1 aliphatic heterocycles. The highest BCUT2D eigenvalue weighted by Gasteiger charge is 2.35. The minimum atomic E-state index is -0.348. The Morgan fingerprint density at radius 1 is 1.20 bits per heavy atom. The van der Waals surface area contributed by atoms with Crippen LogP contribution in [0.2, 0.25) is 0 Å². The number of para-hydroxylation sites is 1. The number of ether oxygens (including phenoxy) is 1. The molecule has 2 amide bonds. The zero-order valence-electron chi connectivity index (χ0n) is 14.5. The summed E-state index contributed by atoms with van der Waals surface area (Å²) >= 11 is 0. The second kappa shape index (κ2) is 7.38. The fourth-order valence-corrected chi connectivity index (χ4v) is 2.97. The highest BCUT2D eigenvalue weighted by molar-refractivity contribution is 6.03. The molecule has 1 heterocycles. The number of carbonyl (C=O) groups excluding carboxylic acids is 2. The Labute approximate surface area is 147 Å². The minimum absolute atomic E-state index is 0.0332. The summed E-state index contributed by atoms with van der Waals surface area (Å²) in [5.41, 5.74) is 2.59. The first-order chi connectivity index (χ1) is 12.1. The molecule has 0 aliphatic carbocycles. The number of aryl methyl sites for hydroxylation is 1. The Bertz CT molecular complexity index is 771. The first kappa shape index (κ1) is 17.0. The van der Waals surface area contributed by atoms with Crippen LogP contribution in [-0.4, -0.2) is 25.0 Å². The van der Waals surface area contributed by atoms with Crippen molar-refractivity contribution < 1.29 is 14.3 Å². The average Bonchev–Trinajstić information content (AvgIpc) is 3.00. The molecule has 25 heavy (non-hydrogen) atoms. The maximum Gasteiger partial charge on any atom is 0.229 e. The smallest absolute Gasteiger partial charge is 0.229 e. The van der Waals surface area contributed by atoms with Crippen molar-refractivity contribution in [1.29, 1.82) is 0 Å². The molecule has 2 aromatic rings. The van der Waals surface area contributed by atoms with Gasteiger partial charge in [-0.25, -0.2) is 0 Å². The van der Waals surface area contributed by atoms with E-state index in [1.165, 1.54) is 0 Å². The number of hydrogen-bond acceptors (Lipinski definition) is 3. The standard InChI is InChI=1S/C20H22N2O3/c1-3-25-17-10-8-16(9-11-17)22-13-15(12-19(22)23)20(24)21-18-7-5-4-6-14(18)2/h4-11,15H,3,12-13H2,1-2H3,(H,21,24)/t15-/m0/s1. The van der Waals surface area contributed by atoms with Crippen LogP contribution in [0.15, 0.2) is 48.5 Å². The van der Waals surface area contributed by atoms with Gasteiger partial charge in [0, 0.05) is 24.3 Å². The summed E-state index contributed by atoms with van der Waals surface area (Å²) < 4.78 is 5.42. The van der Waals surface area contributed by atoms with Crippen LogP contribution in [0.25, 0.3) is 0 Å². The molecule has 0 bridgehead atoms. The van der Waals surface area contributed by atoms with Gasteiger partial charge in [-0.1, -0.05) is 18.2 Å². The first-order valence-electron chi connectivity index (χ1n) is 8.48. The number of nitrogens with zero attached hydrogens (tertiary/aromatic N) is 1. The van der Waals surface area contributed by atoms with E-state index in [2.05, 4.69) is 5.32 Å². The Balaban J connectivity index is 1.67. The maximum atomic E-state index is 12.5. The Kier molecular flexibility index (Phi) is 5.03. The number of amides is 2. The van der Waals surface area contributed by atoms with Crippen LogP contribution < -0.4 is 15.0 Å². The zero-order chi connectivity index (χ0) is 17.8. The maximum absolute atomic E-state index is 12.5. The molecule has 2 aromatic carbocycles. The van der Waals surface area contributed by atoms with Crippen molar-refractivity contribution in [3.8, 4) is 5.75 Å². The largest absolute Gasteiger partial charge is 0.494 e. The number of carbonyl (C=O) groups is 2. The average molecular weight is 338 g/mol. The molecule has 0 aromatic heterocycles. The first-order valence-corrected chi connectivity index (χ1v) is 8.48. The quantitative estimate of drug-likeness (QED) is 0.909. The lowest BCUT2D eigenvalue weighted by Crippen LogP contribution is -2.28. The monoisotopic (exact) mass is 338 g/mol. The molecule has 5 nitrogen and oxygen atoms in total. The van der Waals surface area contributed by atoms with E-state index >= 15 is 0 Å². The highest BCUT2D eigenvalue weighted by Crippen LogP contribution is 2.28. The van der Waals surface area contributed by atoms with Gasteiger partial charge >= 0.3 is 0 Å². The van der Waals surface area contributed by atoms with E-state index in [9.17, 15) is 9.59 Å². The molecule has 1 fully saturated rings. The Morgan fingerprint density at radius 3 is 2.60 bits per heavy atom. The van der Waals surface area contributed by atoms with E-state index < -0.39 is 0 Å². The van der Waals surface area contributed by atoms with Crippen molar-refractivity contribution >= 4 is 23.2 Å². The van der Waals surface area contributed by atoms with Crippen LogP contribution in [0.3, 0.4) is 0 Å². The molecule has 0 saturated carbocycles. The SMILES string of the molecule is CCOc1ccc(N2C[C@@H](C(=O)Nc3ccccc3C)CC2=O)cc1. The van der Waals surface area contributed by atoms with E-state index in [0.717, 1.165) is 22.7 Å². The summed E-state index contributed by atoms with van der Waals surface area (Å²) in [5, 5.41) is 2.93. The van der Waals surface area contributed by atoms with Crippen LogP contribution in [0.1, 0.15) is 18.9 Å². The van der Waals surface area contributed by atoms with E-state index in [-0.39, 0.29) is 24.2 Å².